The molecule has 4 heteroatoms. The van der Waals surface area contributed by atoms with Crippen LogP contribution in [0, 0.1) is 6.92 Å². The molecule has 5 rings (SSSR count). The van der Waals surface area contributed by atoms with E-state index in [4.69, 9.17) is 9.73 Å². The molecule has 0 N–H and O–H groups in total. The van der Waals surface area contributed by atoms with Crippen LogP contribution in [0.2, 0.25) is 0 Å². The Labute approximate surface area is 211 Å². The number of rotatable bonds is 6. The number of hydrogen-bond acceptors (Lipinski definition) is 3. The molecule has 0 aliphatic carbocycles. The fourth-order valence-corrected chi connectivity index (χ4v) is 4.25. The largest absolute Gasteiger partial charge is 0.465 e. The SMILES string of the molecule is COC(=O)c1ccc(N=Cc2cc(-c3ccccc3)n(-c3ccc(C)cc3)c2-c2ccccc2)cc1. The van der Waals surface area contributed by atoms with Gasteiger partial charge in [0.15, 0.2) is 0 Å². The number of aliphatic imine (C=N–C) groups is 1. The van der Waals surface area contributed by atoms with Gasteiger partial charge in [0.05, 0.1) is 29.7 Å². The van der Waals surface area contributed by atoms with Crippen LogP contribution in [0.5, 0.6) is 0 Å². The van der Waals surface area contributed by atoms with Crippen LogP contribution in [0.4, 0.5) is 5.69 Å². The summed E-state index contributed by atoms with van der Waals surface area (Å²) in [6.45, 7) is 2.10. The van der Waals surface area contributed by atoms with Gasteiger partial charge in [0.1, 0.15) is 0 Å². The number of hydrogen-bond donors (Lipinski definition) is 0. The third-order valence-corrected chi connectivity index (χ3v) is 6.08. The molecule has 36 heavy (non-hydrogen) atoms. The van der Waals surface area contributed by atoms with Gasteiger partial charge in [0.25, 0.3) is 0 Å². The molecular weight excluding hydrogens is 444 g/mol. The molecule has 0 bridgehead atoms. The molecule has 4 aromatic carbocycles. The van der Waals surface area contributed by atoms with Crippen LogP contribution < -0.4 is 0 Å². The Bertz CT molecular complexity index is 1500. The highest BCUT2D eigenvalue weighted by atomic mass is 16.5. The standard InChI is InChI=1S/C32H26N2O2/c1-23-13-19-29(20-14-23)34-30(24-9-5-3-6-10-24)21-27(31(34)25-11-7-4-8-12-25)22-33-28-17-15-26(16-18-28)32(35)36-2/h3-22H,1-2H3. The minimum absolute atomic E-state index is 0.362. The van der Waals surface area contributed by atoms with Crippen molar-refractivity contribution in [2.75, 3.05) is 7.11 Å². The van der Waals surface area contributed by atoms with Gasteiger partial charge in [-0.15, -0.1) is 0 Å². The predicted octanol–water partition coefficient (Wildman–Crippen LogP) is 7.66. The van der Waals surface area contributed by atoms with E-state index < -0.39 is 0 Å². The molecule has 0 saturated heterocycles. The van der Waals surface area contributed by atoms with Gasteiger partial charge >= 0.3 is 5.97 Å². The van der Waals surface area contributed by atoms with E-state index in [1.54, 1.807) is 12.1 Å². The number of carbonyl (C=O) groups excluding carboxylic acids is 1. The van der Waals surface area contributed by atoms with E-state index in [9.17, 15) is 4.79 Å². The van der Waals surface area contributed by atoms with Crippen LogP contribution in [0.3, 0.4) is 0 Å². The summed E-state index contributed by atoms with van der Waals surface area (Å²) in [6, 6.07) is 38.6. The molecule has 0 unspecified atom stereocenters. The molecule has 0 aliphatic heterocycles. The molecule has 4 nitrogen and oxygen atoms in total. The van der Waals surface area contributed by atoms with Crippen LogP contribution in [0.15, 0.2) is 120 Å². The van der Waals surface area contributed by atoms with Crippen LogP contribution in [0.25, 0.3) is 28.2 Å². The summed E-state index contributed by atoms with van der Waals surface area (Å²) in [5.41, 5.74) is 8.92. The van der Waals surface area contributed by atoms with Crippen molar-refractivity contribution in [2.24, 2.45) is 4.99 Å². The number of esters is 1. The second kappa shape index (κ2) is 10.3. The van der Waals surface area contributed by atoms with E-state index in [-0.39, 0.29) is 5.97 Å². The van der Waals surface area contributed by atoms with Gasteiger partial charge in [-0.05, 0) is 60.5 Å². The smallest absolute Gasteiger partial charge is 0.337 e. The fraction of sp³-hybridized carbons (Fsp3) is 0.0625. The van der Waals surface area contributed by atoms with Gasteiger partial charge in [-0.1, -0.05) is 78.4 Å². The maximum absolute atomic E-state index is 11.8. The summed E-state index contributed by atoms with van der Waals surface area (Å²) >= 11 is 0. The Hall–Kier alpha value is -4.70. The molecule has 0 radical (unpaired) electrons. The molecule has 176 valence electrons. The lowest BCUT2D eigenvalue weighted by Crippen LogP contribution is -2.00. The number of aryl methyl sites for hydroxylation is 1. The van der Waals surface area contributed by atoms with Crippen LogP contribution in [0.1, 0.15) is 21.5 Å². The quantitative estimate of drug-likeness (QED) is 0.189. The minimum Gasteiger partial charge on any atom is -0.465 e. The van der Waals surface area contributed by atoms with Crippen molar-refractivity contribution in [1.82, 2.24) is 4.57 Å². The highest BCUT2D eigenvalue weighted by Gasteiger charge is 2.18. The van der Waals surface area contributed by atoms with Crippen molar-refractivity contribution in [2.45, 2.75) is 6.92 Å². The summed E-state index contributed by atoms with van der Waals surface area (Å²) in [5, 5.41) is 0. The van der Waals surface area contributed by atoms with Gasteiger partial charge in [0.2, 0.25) is 0 Å². The van der Waals surface area contributed by atoms with E-state index in [0.29, 0.717) is 5.56 Å². The Morgan fingerprint density at radius 2 is 1.39 bits per heavy atom. The number of benzene rings is 4. The lowest BCUT2D eigenvalue weighted by Gasteiger charge is -2.15. The van der Waals surface area contributed by atoms with Gasteiger partial charge in [-0.2, -0.15) is 0 Å². The summed E-state index contributed by atoms with van der Waals surface area (Å²) in [7, 11) is 1.38. The molecular formula is C32H26N2O2. The minimum atomic E-state index is -0.362. The maximum Gasteiger partial charge on any atom is 0.337 e. The van der Waals surface area contributed by atoms with Crippen LogP contribution in [-0.4, -0.2) is 23.9 Å². The van der Waals surface area contributed by atoms with E-state index in [2.05, 4.69) is 90.4 Å². The third kappa shape index (κ3) is 4.75. The second-order valence-electron chi connectivity index (χ2n) is 8.53. The number of ether oxygens (including phenoxy) is 1. The molecule has 0 aliphatic rings. The van der Waals surface area contributed by atoms with E-state index in [0.717, 1.165) is 39.5 Å². The van der Waals surface area contributed by atoms with E-state index in [1.165, 1.54) is 12.7 Å². The fourth-order valence-electron chi connectivity index (χ4n) is 4.25. The molecule has 0 saturated carbocycles. The van der Waals surface area contributed by atoms with Crippen LogP contribution >= 0.6 is 0 Å². The summed E-state index contributed by atoms with van der Waals surface area (Å²) in [5.74, 6) is -0.362. The summed E-state index contributed by atoms with van der Waals surface area (Å²) < 4.78 is 7.09. The zero-order valence-corrected chi connectivity index (χ0v) is 20.3. The molecule has 1 heterocycles. The highest BCUT2D eigenvalue weighted by molar-refractivity contribution is 5.95. The second-order valence-corrected chi connectivity index (χ2v) is 8.53. The molecule has 0 spiro atoms. The zero-order chi connectivity index (χ0) is 24.9. The predicted molar refractivity (Wildman–Crippen MR) is 146 cm³/mol. The zero-order valence-electron chi connectivity index (χ0n) is 20.3. The lowest BCUT2D eigenvalue weighted by atomic mass is 10.1. The van der Waals surface area contributed by atoms with Crippen molar-refractivity contribution in [3.05, 3.63) is 132 Å². The van der Waals surface area contributed by atoms with E-state index in [1.807, 2.05) is 30.5 Å². The monoisotopic (exact) mass is 470 g/mol. The first kappa shape index (κ1) is 23.1. The average molecular weight is 471 g/mol. The summed E-state index contributed by atoms with van der Waals surface area (Å²) in [6.07, 6.45) is 1.90. The van der Waals surface area contributed by atoms with Crippen molar-refractivity contribution in [3.63, 3.8) is 0 Å². The first-order valence-corrected chi connectivity index (χ1v) is 11.8. The maximum atomic E-state index is 11.8. The van der Waals surface area contributed by atoms with Gasteiger partial charge < -0.3 is 9.30 Å². The number of methoxy groups -OCH3 is 1. The Morgan fingerprint density at radius 1 is 0.778 bits per heavy atom. The molecule has 0 fully saturated rings. The first-order chi connectivity index (χ1) is 17.6. The van der Waals surface area contributed by atoms with Gasteiger partial charge in [-0.3, -0.25) is 4.99 Å². The highest BCUT2D eigenvalue weighted by Crippen LogP contribution is 2.35. The van der Waals surface area contributed by atoms with Gasteiger partial charge in [0, 0.05) is 17.5 Å². The average Bonchev–Trinajstić information content (AvgIpc) is 3.32. The van der Waals surface area contributed by atoms with Crippen molar-refractivity contribution < 1.29 is 9.53 Å². The topological polar surface area (TPSA) is 43.6 Å². The number of aromatic nitrogens is 1. The van der Waals surface area contributed by atoms with Crippen molar-refractivity contribution in [1.29, 1.82) is 0 Å². The summed E-state index contributed by atoms with van der Waals surface area (Å²) in [4.78, 5) is 16.5. The Morgan fingerprint density at radius 3 is 2.00 bits per heavy atom. The van der Waals surface area contributed by atoms with Gasteiger partial charge in [-0.25, -0.2) is 4.79 Å². The number of nitrogens with zero attached hydrogens (tertiary/aromatic N) is 2. The molecule has 0 amide bonds. The third-order valence-electron chi connectivity index (χ3n) is 6.08. The molecule has 1 aromatic heterocycles. The van der Waals surface area contributed by atoms with Crippen molar-refractivity contribution >= 4 is 17.9 Å². The number of carbonyl (C=O) groups is 1. The van der Waals surface area contributed by atoms with Crippen molar-refractivity contribution in [3.8, 4) is 28.2 Å². The van der Waals surface area contributed by atoms with Crippen LogP contribution in [-0.2, 0) is 4.74 Å². The molecule has 0 atom stereocenters. The first-order valence-electron chi connectivity index (χ1n) is 11.8. The Kier molecular flexibility index (Phi) is 6.59. The van der Waals surface area contributed by atoms with E-state index >= 15 is 0 Å². The Balaban J connectivity index is 1.69. The lowest BCUT2D eigenvalue weighted by molar-refractivity contribution is 0.0601. The normalized spacial score (nSPS) is 11.1. The molecule has 5 aromatic rings.